The lowest BCUT2D eigenvalue weighted by Gasteiger charge is -2.35. The second kappa shape index (κ2) is 4.23. The van der Waals surface area contributed by atoms with Gasteiger partial charge in [-0.05, 0) is 37.1 Å². The highest BCUT2D eigenvalue weighted by Gasteiger charge is 2.45. The van der Waals surface area contributed by atoms with Crippen LogP contribution in [0.3, 0.4) is 0 Å². The van der Waals surface area contributed by atoms with Crippen LogP contribution < -0.4 is 4.90 Å². The fourth-order valence-electron chi connectivity index (χ4n) is 2.93. The Morgan fingerprint density at radius 1 is 1.00 bits per heavy atom. The van der Waals surface area contributed by atoms with Crippen molar-refractivity contribution in [2.45, 2.75) is 25.8 Å². The molecule has 0 bridgehead atoms. The maximum absolute atomic E-state index is 12.7. The summed E-state index contributed by atoms with van der Waals surface area (Å²) in [5.74, 6) is 0.103. The minimum atomic E-state index is -0.255. The first kappa shape index (κ1) is 12.0. The number of amides is 1. The van der Waals surface area contributed by atoms with Crippen molar-refractivity contribution in [3.63, 3.8) is 0 Å². The quantitative estimate of drug-likeness (QED) is 0.790. The molecule has 1 atom stereocenters. The third kappa shape index (κ3) is 1.60. The lowest BCUT2D eigenvalue weighted by Crippen LogP contribution is -2.41. The maximum atomic E-state index is 12.7. The molecular formula is C17H17NO. The summed E-state index contributed by atoms with van der Waals surface area (Å²) in [4.78, 5) is 14.6. The van der Waals surface area contributed by atoms with E-state index in [1.807, 2.05) is 53.4 Å². The van der Waals surface area contributed by atoms with Gasteiger partial charge in [0.05, 0.1) is 5.54 Å². The van der Waals surface area contributed by atoms with E-state index in [4.69, 9.17) is 0 Å². The van der Waals surface area contributed by atoms with Gasteiger partial charge < -0.3 is 0 Å². The molecule has 1 unspecified atom stereocenters. The fraction of sp³-hybridized carbons (Fsp3) is 0.235. The van der Waals surface area contributed by atoms with Crippen molar-refractivity contribution < 1.29 is 4.79 Å². The standard InChI is InChI=1S/C17H17NO/c1-3-17(2)15-12-8-7-11-14(15)16(19)18(17)13-9-5-4-6-10-13/h4-12H,3H2,1-2H3. The summed E-state index contributed by atoms with van der Waals surface area (Å²) in [6.45, 7) is 4.27. The summed E-state index contributed by atoms with van der Waals surface area (Å²) in [5.41, 5.74) is 2.67. The van der Waals surface area contributed by atoms with Gasteiger partial charge in [-0.1, -0.05) is 43.3 Å². The number of fused-ring (bicyclic) bond motifs is 1. The number of benzene rings is 2. The Hall–Kier alpha value is -2.09. The molecule has 0 N–H and O–H groups in total. The molecule has 96 valence electrons. The minimum Gasteiger partial charge on any atom is -0.298 e. The highest BCUT2D eigenvalue weighted by atomic mass is 16.2. The number of carbonyl (C=O) groups is 1. The third-order valence-electron chi connectivity index (χ3n) is 4.14. The lowest BCUT2D eigenvalue weighted by atomic mass is 9.89. The molecule has 19 heavy (non-hydrogen) atoms. The molecule has 0 fully saturated rings. The normalized spacial score (nSPS) is 21.6. The Bertz CT molecular complexity index is 620. The van der Waals surface area contributed by atoms with Gasteiger partial charge in [0, 0.05) is 11.3 Å². The highest BCUT2D eigenvalue weighted by molar-refractivity contribution is 6.11. The van der Waals surface area contributed by atoms with Crippen LogP contribution in [0, 0.1) is 0 Å². The van der Waals surface area contributed by atoms with Crippen LogP contribution in [0.15, 0.2) is 54.6 Å². The largest absolute Gasteiger partial charge is 0.298 e. The zero-order valence-corrected chi connectivity index (χ0v) is 11.3. The van der Waals surface area contributed by atoms with Crippen LogP contribution in [0.2, 0.25) is 0 Å². The Balaban J connectivity index is 2.20. The van der Waals surface area contributed by atoms with Crippen molar-refractivity contribution in [1.82, 2.24) is 0 Å². The van der Waals surface area contributed by atoms with E-state index in [0.29, 0.717) is 0 Å². The maximum Gasteiger partial charge on any atom is 0.259 e. The molecule has 1 heterocycles. The van der Waals surface area contributed by atoms with Crippen molar-refractivity contribution in [3.05, 3.63) is 65.7 Å². The van der Waals surface area contributed by atoms with Crippen molar-refractivity contribution in [1.29, 1.82) is 0 Å². The summed E-state index contributed by atoms with van der Waals surface area (Å²) < 4.78 is 0. The molecule has 0 saturated carbocycles. The summed E-state index contributed by atoms with van der Waals surface area (Å²) in [5, 5.41) is 0. The number of para-hydroxylation sites is 1. The first-order valence-electron chi connectivity index (χ1n) is 6.67. The third-order valence-corrected chi connectivity index (χ3v) is 4.14. The second-order valence-corrected chi connectivity index (χ2v) is 5.15. The molecule has 0 spiro atoms. The zero-order valence-electron chi connectivity index (χ0n) is 11.3. The van der Waals surface area contributed by atoms with E-state index in [-0.39, 0.29) is 11.4 Å². The summed E-state index contributed by atoms with van der Waals surface area (Å²) in [6, 6.07) is 17.9. The molecule has 2 heteroatoms. The van der Waals surface area contributed by atoms with E-state index in [0.717, 1.165) is 23.2 Å². The van der Waals surface area contributed by atoms with E-state index in [2.05, 4.69) is 19.9 Å². The van der Waals surface area contributed by atoms with Crippen molar-refractivity contribution in [2.24, 2.45) is 0 Å². The molecule has 2 aromatic carbocycles. The Kier molecular flexibility index (Phi) is 2.67. The molecule has 0 radical (unpaired) electrons. The van der Waals surface area contributed by atoms with Crippen LogP contribution >= 0.6 is 0 Å². The van der Waals surface area contributed by atoms with E-state index in [9.17, 15) is 4.79 Å². The Morgan fingerprint density at radius 2 is 1.63 bits per heavy atom. The van der Waals surface area contributed by atoms with Crippen LogP contribution in [0.5, 0.6) is 0 Å². The molecule has 0 aliphatic carbocycles. The first-order chi connectivity index (χ1) is 9.18. The average molecular weight is 251 g/mol. The van der Waals surface area contributed by atoms with Gasteiger partial charge in [-0.2, -0.15) is 0 Å². The van der Waals surface area contributed by atoms with Crippen LogP contribution in [0.25, 0.3) is 0 Å². The number of nitrogens with zero attached hydrogens (tertiary/aromatic N) is 1. The summed E-state index contributed by atoms with van der Waals surface area (Å²) in [7, 11) is 0. The molecule has 1 aliphatic rings. The summed E-state index contributed by atoms with van der Waals surface area (Å²) in [6.07, 6.45) is 0.893. The van der Waals surface area contributed by atoms with Crippen molar-refractivity contribution in [2.75, 3.05) is 4.90 Å². The number of hydrogen-bond acceptors (Lipinski definition) is 1. The zero-order chi connectivity index (χ0) is 13.5. The van der Waals surface area contributed by atoms with Crippen LogP contribution in [-0.2, 0) is 5.54 Å². The Labute approximate surface area is 113 Å². The molecule has 3 rings (SSSR count). The number of rotatable bonds is 2. The van der Waals surface area contributed by atoms with Crippen LogP contribution in [0.4, 0.5) is 5.69 Å². The molecule has 2 aromatic rings. The molecule has 2 nitrogen and oxygen atoms in total. The first-order valence-corrected chi connectivity index (χ1v) is 6.67. The van der Waals surface area contributed by atoms with Crippen LogP contribution in [-0.4, -0.2) is 5.91 Å². The monoisotopic (exact) mass is 251 g/mol. The molecule has 1 aliphatic heterocycles. The SMILES string of the molecule is CCC1(C)c2ccccc2C(=O)N1c1ccccc1. The highest BCUT2D eigenvalue weighted by Crippen LogP contribution is 2.43. The number of anilines is 1. The van der Waals surface area contributed by atoms with E-state index in [1.54, 1.807) is 0 Å². The topological polar surface area (TPSA) is 20.3 Å². The summed E-state index contributed by atoms with van der Waals surface area (Å²) >= 11 is 0. The molecule has 0 saturated heterocycles. The van der Waals surface area contributed by atoms with Gasteiger partial charge in [-0.25, -0.2) is 0 Å². The van der Waals surface area contributed by atoms with Gasteiger partial charge in [0.15, 0.2) is 0 Å². The lowest BCUT2D eigenvalue weighted by molar-refractivity contribution is 0.0978. The van der Waals surface area contributed by atoms with Gasteiger partial charge in [0.1, 0.15) is 0 Å². The minimum absolute atomic E-state index is 0.103. The van der Waals surface area contributed by atoms with Crippen molar-refractivity contribution >= 4 is 11.6 Å². The van der Waals surface area contributed by atoms with E-state index >= 15 is 0 Å². The fourth-order valence-corrected chi connectivity index (χ4v) is 2.93. The van der Waals surface area contributed by atoms with Gasteiger partial charge >= 0.3 is 0 Å². The number of hydrogen-bond donors (Lipinski definition) is 0. The average Bonchev–Trinajstić information content (AvgIpc) is 2.70. The van der Waals surface area contributed by atoms with E-state index in [1.165, 1.54) is 0 Å². The smallest absolute Gasteiger partial charge is 0.259 e. The predicted molar refractivity (Wildman–Crippen MR) is 77.3 cm³/mol. The molecular weight excluding hydrogens is 234 g/mol. The predicted octanol–water partition coefficient (Wildman–Crippen LogP) is 3.97. The van der Waals surface area contributed by atoms with Gasteiger partial charge in [0.25, 0.3) is 5.91 Å². The van der Waals surface area contributed by atoms with E-state index < -0.39 is 0 Å². The number of carbonyl (C=O) groups excluding carboxylic acids is 1. The van der Waals surface area contributed by atoms with Gasteiger partial charge in [0.2, 0.25) is 0 Å². The molecule has 1 amide bonds. The second-order valence-electron chi connectivity index (χ2n) is 5.15. The van der Waals surface area contributed by atoms with Crippen molar-refractivity contribution in [3.8, 4) is 0 Å². The van der Waals surface area contributed by atoms with Gasteiger partial charge in [-0.15, -0.1) is 0 Å². The molecule has 0 aromatic heterocycles. The van der Waals surface area contributed by atoms with Crippen LogP contribution in [0.1, 0.15) is 36.2 Å². The Morgan fingerprint density at radius 3 is 2.32 bits per heavy atom. The van der Waals surface area contributed by atoms with Gasteiger partial charge in [-0.3, -0.25) is 9.69 Å².